The van der Waals surface area contributed by atoms with Gasteiger partial charge in [-0.05, 0) is 44.0 Å². The number of methoxy groups -OCH3 is 1. The minimum atomic E-state index is -0.886. The fourth-order valence-electron chi connectivity index (χ4n) is 2.38. The van der Waals surface area contributed by atoms with Crippen LogP contribution in [0.3, 0.4) is 0 Å². The molecule has 144 valence electrons. The predicted molar refractivity (Wildman–Crippen MR) is 109 cm³/mol. The van der Waals surface area contributed by atoms with Crippen LogP contribution in [0.2, 0.25) is 0 Å². The van der Waals surface area contributed by atoms with E-state index >= 15 is 0 Å². The number of hydrogen-bond acceptors (Lipinski definition) is 5. The van der Waals surface area contributed by atoms with Gasteiger partial charge in [-0.3, -0.25) is 9.59 Å². The molecule has 2 rings (SSSR count). The summed E-state index contributed by atoms with van der Waals surface area (Å²) >= 11 is 1.46. The standard InChI is InChI=1S/C21H25NO4S/c1-14-5-8-17(9-6-14)12-27-13-20(23)26-16(3)21(24)22-18-11-15(2)7-10-19(18)25-4/h5-11,16H,12-13H2,1-4H3,(H,22,24)/t16-/m0/s1. The molecule has 27 heavy (non-hydrogen) atoms. The fourth-order valence-corrected chi connectivity index (χ4v) is 3.14. The summed E-state index contributed by atoms with van der Waals surface area (Å²) in [5, 5.41) is 2.75. The molecule has 0 saturated carbocycles. The van der Waals surface area contributed by atoms with Gasteiger partial charge in [-0.1, -0.05) is 35.9 Å². The molecule has 1 N–H and O–H groups in total. The lowest BCUT2D eigenvalue weighted by atomic mass is 10.2. The van der Waals surface area contributed by atoms with Crippen molar-refractivity contribution in [3.8, 4) is 5.75 Å². The first kappa shape index (κ1) is 20.8. The number of carbonyl (C=O) groups excluding carboxylic acids is 2. The number of ether oxygens (including phenoxy) is 2. The van der Waals surface area contributed by atoms with Crippen LogP contribution in [0.5, 0.6) is 5.75 Å². The second kappa shape index (κ2) is 10.0. The van der Waals surface area contributed by atoms with Crippen molar-refractivity contribution in [3.63, 3.8) is 0 Å². The summed E-state index contributed by atoms with van der Waals surface area (Å²) in [6, 6.07) is 13.6. The number of esters is 1. The lowest BCUT2D eigenvalue weighted by Gasteiger charge is -2.15. The molecule has 1 amide bonds. The topological polar surface area (TPSA) is 64.6 Å². The van der Waals surface area contributed by atoms with Crippen molar-refractivity contribution in [2.24, 2.45) is 0 Å². The van der Waals surface area contributed by atoms with Gasteiger partial charge in [0.15, 0.2) is 6.10 Å². The number of amides is 1. The Bertz CT molecular complexity index is 789. The Kier molecular flexibility index (Phi) is 7.73. The largest absolute Gasteiger partial charge is 0.495 e. The maximum absolute atomic E-state index is 12.3. The summed E-state index contributed by atoms with van der Waals surface area (Å²) in [6.07, 6.45) is -0.886. The summed E-state index contributed by atoms with van der Waals surface area (Å²) in [5.74, 6) is 0.665. The highest BCUT2D eigenvalue weighted by Crippen LogP contribution is 2.25. The van der Waals surface area contributed by atoms with Crippen LogP contribution in [-0.2, 0) is 20.1 Å². The molecule has 1 atom stereocenters. The third kappa shape index (κ3) is 6.64. The van der Waals surface area contributed by atoms with E-state index in [2.05, 4.69) is 5.32 Å². The molecule has 2 aromatic rings. The normalized spacial score (nSPS) is 11.6. The Morgan fingerprint density at radius 2 is 1.74 bits per heavy atom. The van der Waals surface area contributed by atoms with Gasteiger partial charge in [0.2, 0.25) is 0 Å². The van der Waals surface area contributed by atoms with Gasteiger partial charge in [-0.25, -0.2) is 0 Å². The van der Waals surface area contributed by atoms with Crippen LogP contribution in [0.4, 0.5) is 5.69 Å². The average Bonchev–Trinajstić information content (AvgIpc) is 2.63. The van der Waals surface area contributed by atoms with E-state index < -0.39 is 18.0 Å². The summed E-state index contributed by atoms with van der Waals surface area (Å²) < 4.78 is 10.5. The van der Waals surface area contributed by atoms with Gasteiger partial charge in [-0.15, -0.1) is 11.8 Å². The van der Waals surface area contributed by atoms with E-state index in [4.69, 9.17) is 9.47 Å². The zero-order valence-corrected chi connectivity index (χ0v) is 16.9. The third-order valence-corrected chi connectivity index (χ3v) is 4.88. The molecule has 0 spiro atoms. The first-order valence-electron chi connectivity index (χ1n) is 8.67. The van der Waals surface area contributed by atoms with Crippen molar-refractivity contribution >= 4 is 29.3 Å². The van der Waals surface area contributed by atoms with Gasteiger partial charge in [-0.2, -0.15) is 0 Å². The van der Waals surface area contributed by atoms with Crippen LogP contribution < -0.4 is 10.1 Å². The minimum Gasteiger partial charge on any atom is -0.495 e. The summed E-state index contributed by atoms with van der Waals surface area (Å²) in [7, 11) is 1.54. The van der Waals surface area contributed by atoms with Crippen molar-refractivity contribution in [3.05, 3.63) is 59.2 Å². The molecule has 0 heterocycles. The SMILES string of the molecule is COc1ccc(C)cc1NC(=O)[C@H](C)OC(=O)CSCc1ccc(C)cc1. The van der Waals surface area contributed by atoms with E-state index in [1.807, 2.05) is 50.2 Å². The lowest BCUT2D eigenvalue weighted by Crippen LogP contribution is -2.30. The number of nitrogens with one attached hydrogen (secondary N) is 1. The second-order valence-corrected chi connectivity index (χ2v) is 7.29. The number of anilines is 1. The van der Waals surface area contributed by atoms with E-state index in [0.717, 1.165) is 16.9 Å². The van der Waals surface area contributed by atoms with Crippen LogP contribution in [-0.4, -0.2) is 30.8 Å². The van der Waals surface area contributed by atoms with Gasteiger partial charge in [0, 0.05) is 5.75 Å². The molecule has 6 heteroatoms. The zero-order chi connectivity index (χ0) is 19.8. The number of benzene rings is 2. The first-order chi connectivity index (χ1) is 12.9. The van der Waals surface area contributed by atoms with Crippen LogP contribution in [0, 0.1) is 13.8 Å². The van der Waals surface area contributed by atoms with Crippen molar-refractivity contribution in [2.75, 3.05) is 18.2 Å². The quantitative estimate of drug-likeness (QED) is 0.691. The Balaban J connectivity index is 1.80. The highest BCUT2D eigenvalue weighted by atomic mass is 32.2. The van der Waals surface area contributed by atoms with Crippen molar-refractivity contribution < 1.29 is 19.1 Å². The smallest absolute Gasteiger partial charge is 0.316 e. The van der Waals surface area contributed by atoms with Crippen LogP contribution in [0.25, 0.3) is 0 Å². The second-order valence-electron chi connectivity index (χ2n) is 6.30. The Labute approximate surface area is 164 Å². The van der Waals surface area contributed by atoms with E-state index in [1.165, 1.54) is 24.4 Å². The van der Waals surface area contributed by atoms with Gasteiger partial charge in [0.05, 0.1) is 18.6 Å². The molecule has 0 fully saturated rings. The van der Waals surface area contributed by atoms with Crippen LogP contribution >= 0.6 is 11.8 Å². The molecule has 0 saturated heterocycles. The molecule has 5 nitrogen and oxygen atoms in total. The molecule has 0 aromatic heterocycles. The number of rotatable bonds is 8. The van der Waals surface area contributed by atoms with Crippen LogP contribution in [0.1, 0.15) is 23.6 Å². The van der Waals surface area contributed by atoms with E-state index in [1.54, 1.807) is 13.0 Å². The fraction of sp³-hybridized carbons (Fsp3) is 0.333. The number of thioether (sulfide) groups is 1. The maximum Gasteiger partial charge on any atom is 0.316 e. The molecule has 0 aliphatic rings. The monoisotopic (exact) mass is 387 g/mol. The Morgan fingerprint density at radius 3 is 2.41 bits per heavy atom. The van der Waals surface area contributed by atoms with E-state index in [-0.39, 0.29) is 5.75 Å². The molecule has 0 bridgehead atoms. The zero-order valence-electron chi connectivity index (χ0n) is 16.1. The highest BCUT2D eigenvalue weighted by molar-refractivity contribution is 7.99. The van der Waals surface area contributed by atoms with E-state index in [9.17, 15) is 9.59 Å². The van der Waals surface area contributed by atoms with Crippen molar-refractivity contribution in [1.82, 2.24) is 0 Å². The average molecular weight is 388 g/mol. The van der Waals surface area contributed by atoms with E-state index in [0.29, 0.717) is 11.4 Å². The summed E-state index contributed by atoms with van der Waals surface area (Å²) in [5.41, 5.74) is 3.89. The molecule has 0 aliphatic heterocycles. The summed E-state index contributed by atoms with van der Waals surface area (Å²) in [4.78, 5) is 24.3. The number of hydrogen-bond donors (Lipinski definition) is 1. The van der Waals surface area contributed by atoms with Gasteiger partial charge in [0.1, 0.15) is 5.75 Å². The summed E-state index contributed by atoms with van der Waals surface area (Å²) in [6.45, 7) is 5.51. The number of aryl methyl sites for hydroxylation is 2. The maximum atomic E-state index is 12.3. The predicted octanol–water partition coefficient (Wildman–Crippen LogP) is 4.12. The third-order valence-electron chi connectivity index (χ3n) is 3.90. The Hall–Kier alpha value is -2.47. The molecule has 0 unspecified atom stereocenters. The van der Waals surface area contributed by atoms with Crippen molar-refractivity contribution in [1.29, 1.82) is 0 Å². The molecule has 0 aliphatic carbocycles. The first-order valence-corrected chi connectivity index (χ1v) is 9.83. The lowest BCUT2D eigenvalue weighted by molar-refractivity contribution is -0.150. The number of carbonyl (C=O) groups is 2. The van der Waals surface area contributed by atoms with Gasteiger partial charge >= 0.3 is 5.97 Å². The minimum absolute atomic E-state index is 0.194. The molecular formula is C21H25NO4S. The van der Waals surface area contributed by atoms with Gasteiger partial charge in [0.25, 0.3) is 5.91 Å². The molecule has 0 radical (unpaired) electrons. The highest BCUT2D eigenvalue weighted by Gasteiger charge is 2.19. The van der Waals surface area contributed by atoms with Crippen molar-refractivity contribution in [2.45, 2.75) is 32.6 Å². The molecule has 2 aromatic carbocycles. The van der Waals surface area contributed by atoms with Gasteiger partial charge < -0.3 is 14.8 Å². The molecular weight excluding hydrogens is 362 g/mol. The Morgan fingerprint density at radius 1 is 1.07 bits per heavy atom. The van der Waals surface area contributed by atoms with Crippen LogP contribution in [0.15, 0.2) is 42.5 Å².